The van der Waals surface area contributed by atoms with Crippen molar-refractivity contribution in [3.05, 3.63) is 30.3 Å². The summed E-state index contributed by atoms with van der Waals surface area (Å²) in [5.74, 6) is -0.624. The standard InChI is InChI=1S/C11H12N2O6S/c1-7-9(10(14)13(7)20(16,17)18)12-11(15)19-8-5-3-2-4-6-8/h2-7,9H,1H3,(H,12,15)(H,16,17,18)/t7?,9-/m0/s1. The van der Waals surface area contributed by atoms with Gasteiger partial charge in [-0.1, -0.05) is 18.2 Å². The summed E-state index contributed by atoms with van der Waals surface area (Å²) in [6.45, 7) is 1.38. The van der Waals surface area contributed by atoms with Gasteiger partial charge in [0.05, 0.1) is 6.04 Å². The number of para-hydroxylation sites is 1. The molecule has 0 spiro atoms. The SMILES string of the molecule is CC1[C@H](NC(=O)Oc2ccccc2)C(=O)N1S(=O)(=O)O. The highest BCUT2D eigenvalue weighted by atomic mass is 32.2. The topological polar surface area (TPSA) is 113 Å². The Balaban J connectivity index is 1.96. The van der Waals surface area contributed by atoms with E-state index >= 15 is 0 Å². The third kappa shape index (κ3) is 2.73. The number of β-lactam (4-membered cyclic amide) rings is 1. The molecule has 2 rings (SSSR count). The molecule has 2 N–H and O–H groups in total. The van der Waals surface area contributed by atoms with Crippen molar-refractivity contribution < 1.29 is 27.3 Å². The smallest absolute Gasteiger partial charge is 0.410 e. The minimum Gasteiger partial charge on any atom is -0.410 e. The van der Waals surface area contributed by atoms with Crippen molar-refractivity contribution in [2.45, 2.75) is 19.0 Å². The molecule has 0 saturated carbocycles. The summed E-state index contributed by atoms with van der Waals surface area (Å²) in [6.07, 6.45) is -0.878. The Morgan fingerprint density at radius 3 is 2.45 bits per heavy atom. The number of carbonyl (C=O) groups is 2. The van der Waals surface area contributed by atoms with Gasteiger partial charge in [0.15, 0.2) is 0 Å². The average molecular weight is 300 g/mol. The monoisotopic (exact) mass is 300 g/mol. The molecule has 8 nitrogen and oxygen atoms in total. The molecule has 0 radical (unpaired) electrons. The summed E-state index contributed by atoms with van der Waals surface area (Å²) < 4.78 is 35.7. The van der Waals surface area contributed by atoms with Gasteiger partial charge in [-0.3, -0.25) is 9.35 Å². The van der Waals surface area contributed by atoms with Crippen molar-refractivity contribution in [1.82, 2.24) is 9.62 Å². The summed E-state index contributed by atoms with van der Waals surface area (Å²) >= 11 is 0. The molecule has 1 saturated heterocycles. The van der Waals surface area contributed by atoms with Crippen LogP contribution in [0.15, 0.2) is 30.3 Å². The molecule has 1 aromatic carbocycles. The van der Waals surface area contributed by atoms with Crippen LogP contribution in [0.1, 0.15) is 6.92 Å². The highest BCUT2D eigenvalue weighted by Crippen LogP contribution is 2.23. The largest absolute Gasteiger partial charge is 0.413 e. The first kappa shape index (κ1) is 14.3. The summed E-state index contributed by atoms with van der Waals surface area (Å²) in [5.41, 5.74) is 0. The molecule has 2 atom stereocenters. The fourth-order valence-electron chi connectivity index (χ4n) is 1.86. The Hall–Kier alpha value is -2.13. The van der Waals surface area contributed by atoms with Crippen LogP contribution in [0.5, 0.6) is 5.75 Å². The minimum absolute atomic E-state index is 0.288. The van der Waals surface area contributed by atoms with Crippen molar-refractivity contribution in [2.75, 3.05) is 0 Å². The Morgan fingerprint density at radius 2 is 1.95 bits per heavy atom. The number of benzene rings is 1. The number of hydrogen-bond donors (Lipinski definition) is 2. The van der Waals surface area contributed by atoms with Gasteiger partial charge in [-0.2, -0.15) is 8.42 Å². The van der Waals surface area contributed by atoms with Crippen LogP contribution in [-0.4, -0.2) is 41.4 Å². The van der Waals surface area contributed by atoms with Crippen LogP contribution in [-0.2, 0) is 15.1 Å². The molecule has 0 aromatic heterocycles. The normalized spacial score (nSPS) is 22.1. The molecule has 1 aliphatic rings. The van der Waals surface area contributed by atoms with Crippen molar-refractivity contribution in [3.63, 3.8) is 0 Å². The lowest BCUT2D eigenvalue weighted by Gasteiger charge is -2.41. The molecular formula is C11H12N2O6S. The fourth-order valence-corrected chi connectivity index (χ4v) is 2.74. The van der Waals surface area contributed by atoms with E-state index in [9.17, 15) is 18.0 Å². The van der Waals surface area contributed by atoms with Crippen molar-refractivity contribution in [3.8, 4) is 5.75 Å². The maximum Gasteiger partial charge on any atom is 0.413 e. The van der Waals surface area contributed by atoms with E-state index in [-0.39, 0.29) is 5.75 Å². The third-order valence-corrected chi connectivity index (χ3v) is 3.82. The molecule has 108 valence electrons. The number of carbonyl (C=O) groups excluding carboxylic acids is 2. The molecule has 1 fully saturated rings. The van der Waals surface area contributed by atoms with Gasteiger partial charge in [-0.25, -0.2) is 9.10 Å². The van der Waals surface area contributed by atoms with Gasteiger partial charge < -0.3 is 10.1 Å². The molecule has 0 bridgehead atoms. The maximum absolute atomic E-state index is 11.5. The lowest BCUT2D eigenvalue weighted by Crippen LogP contribution is -2.70. The first-order valence-corrected chi connectivity index (χ1v) is 7.04. The predicted octanol–water partition coefficient (Wildman–Crippen LogP) is 0.177. The minimum atomic E-state index is -4.60. The van der Waals surface area contributed by atoms with E-state index in [1.54, 1.807) is 30.3 Å². The quantitative estimate of drug-likeness (QED) is 0.608. The lowest BCUT2D eigenvalue weighted by atomic mass is 10.0. The van der Waals surface area contributed by atoms with Crippen molar-refractivity contribution >= 4 is 22.3 Å². The summed E-state index contributed by atoms with van der Waals surface area (Å²) in [5, 5.41) is 2.24. The number of rotatable bonds is 3. The highest BCUT2D eigenvalue weighted by molar-refractivity contribution is 7.84. The van der Waals surface area contributed by atoms with Crippen LogP contribution in [0, 0.1) is 0 Å². The van der Waals surface area contributed by atoms with Crippen LogP contribution >= 0.6 is 0 Å². The molecular weight excluding hydrogens is 288 g/mol. The van der Waals surface area contributed by atoms with E-state index < -0.39 is 34.4 Å². The lowest BCUT2D eigenvalue weighted by molar-refractivity contribution is -0.141. The van der Waals surface area contributed by atoms with Crippen LogP contribution in [0.3, 0.4) is 0 Å². The molecule has 2 amide bonds. The van der Waals surface area contributed by atoms with Gasteiger partial charge in [0.1, 0.15) is 11.8 Å². The number of ether oxygens (including phenoxy) is 1. The molecule has 1 heterocycles. The molecule has 1 aromatic rings. The zero-order valence-corrected chi connectivity index (χ0v) is 11.2. The van der Waals surface area contributed by atoms with Crippen molar-refractivity contribution in [2.24, 2.45) is 0 Å². The van der Waals surface area contributed by atoms with E-state index in [4.69, 9.17) is 9.29 Å². The zero-order chi connectivity index (χ0) is 14.9. The third-order valence-electron chi connectivity index (χ3n) is 2.81. The molecule has 9 heteroatoms. The van der Waals surface area contributed by atoms with Gasteiger partial charge >= 0.3 is 16.4 Å². The van der Waals surface area contributed by atoms with Crippen LogP contribution in [0.25, 0.3) is 0 Å². The Bertz CT molecular complexity index is 630. The first-order chi connectivity index (χ1) is 9.30. The zero-order valence-electron chi connectivity index (χ0n) is 10.4. The molecule has 20 heavy (non-hydrogen) atoms. The second-order valence-corrected chi connectivity index (χ2v) is 5.47. The van der Waals surface area contributed by atoms with Crippen molar-refractivity contribution in [1.29, 1.82) is 0 Å². The van der Waals surface area contributed by atoms with Gasteiger partial charge in [-0.15, -0.1) is 0 Å². The first-order valence-electron chi connectivity index (χ1n) is 5.65. The second kappa shape index (κ2) is 5.10. The van der Waals surface area contributed by atoms with Gasteiger partial charge in [0.2, 0.25) is 0 Å². The van der Waals surface area contributed by atoms with Gasteiger partial charge in [0.25, 0.3) is 5.91 Å². The highest BCUT2D eigenvalue weighted by Gasteiger charge is 2.51. The van der Waals surface area contributed by atoms with E-state index in [1.807, 2.05) is 0 Å². The number of hydrogen-bond acceptors (Lipinski definition) is 5. The molecule has 1 aliphatic heterocycles. The Kier molecular flexibility index (Phi) is 3.64. The Labute approximate surface area is 115 Å². The van der Waals surface area contributed by atoms with Crippen LogP contribution in [0.2, 0.25) is 0 Å². The van der Waals surface area contributed by atoms with Crippen LogP contribution in [0.4, 0.5) is 4.79 Å². The van der Waals surface area contributed by atoms with Crippen LogP contribution < -0.4 is 10.1 Å². The fraction of sp³-hybridized carbons (Fsp3) is 0.273. The van der Waals surface area contributed by atoms with E-state index in [0.717, 1.165) is 0 Å². The number of nitrogens with one attached hydrogen (secondary N) is 1. The second-order valence-electron chi connectivity index (χ2n) is 4.18. The summed E-state index contributed by atoms with van der Waals surface area (Å²) in [7, 11) is -4.60. The summed E-state index contributed by atoms with van der Waals surface area (Å²) in [6, 6.07) is 6.26. The maximum atomic E-state index is 11.5. The Morgan fingerprint density at radius 1 is 1.35 bits per heavy atom. The number of amides is 2. The predicted molar refractivity (Wildman–Crippen MR) is 67.2 cm³/mol. The van der Waals surface area contributed by atoms with Gasteiger partial charge in [-0.05, 0) is 19.1 Å². The van der Waals surface area contributed by atoms with E-state index in [2.05, 4.69) is 5.32 Å². The average Bonchev–Trinajstić information content (AvgIpc) is 2.36. The molecule has 1 unspecified atom stereocenters. The van der Waals surface area contributed by atoms with Gasteiger partial charge in [0, 0.05) is 0 Å². The van der Waals surface area contributed by atoms with E-state index in [1.165, 1.54) is 6.92 Å². The molecule has 0 aliphatic carbocycles. The van der Waals surface area contributed by atoms with E-state index in [0.29, 0.717) is 4.31 Å². The summed E-state index contributed by atoms with van der Waals surface area (Å²) in [4.78, 5) is 23.1. The number of nitrogens with zero attached hydrogens (tertiary/aromatic N) is 1.